The maximum atomic E-state index is 10.5. The van der Waals surface area contributed by atoms with E-state index in [0.717, 1.165) is 13.0 Å². The Morgan fingerprint density at radius 1 is 1.38 bits per heavy atom. The normalized spacial score (nSPS) is 13.8. The maximum absolute atomic E-state index is 10.5. The van der Waals surface area contributed by atoms with E-state index in [0.29, 0.717) is 4.59 Å². The van der Waals surface area contributed by atoms with E-state index in [-0.39, 0.29) is 12.4 Å². The Hall–Kier alpha value is -1.28. The minimum Gasteiger partial charge on any atom is -1.00 e. The van der Waals surface area contributed by atoms with Gasteiger partial charge in [-0.15, -0.1) is 0 Å². The van der Waals surface area contributed by atoms with Crippen molar-refractivity contribution in [3.8, 4) is 0 Å². The van der Waals surface area contributed by atoms with Crippen LogP contribution in [-0.4, -0.2) is 31.2 Å². The molecule has 0 saturated heterocycles. The van der Waals surface area contributed by atoms with Crippen LogP contribution in [0, 0.1) is 0 Å². The van der Waals surface area contributed by atoms with Crippen molar-refractivity contribution >= 4 is 11.6 Å². The van der Waals surface area contributed by atoms with Gasteiger partial charge in [-0.2, -0.15) is 4.59 Å². The van der Waals surface area contributed by atoms with Gasteiger partial charge in [-0.25, -0.2) is 9.80 Å². The molecule has 4 heteroatoms. The van der Waals surface area contributed by atoms with Crippen LogP contribution >= 0.6 is 0 Å². The largest absolute Gasteiger partial charge is 1.00 e. The highest BCUT2D eigenvalue weighted by Gasteiger charge is 2.30. The fraction of sp³-hybridized carbons (Fsp3) is 0.333. The zero-order valence-corrected chi connectivity index (χ0v) is 10.2. The summed E-state index contributed by atoms with van der Waals surface area (Å²) in [4.78, 5) is 10.5. The van der Waals surface area contributed by atoms with Crippen molar-refractivity contribution in [2.75, 3.05) is 25.6 Å². The van der Waals surface area contributed by atoms with E-state index < -0.39 is 0 Å². The molecule has 0 aliphatic carbocycles. The average Bonchev–Trinajstić information content (AvgIpc) is 2.61. The van der Waals surface area contributed by atoms with Crippen molar-refractivity contribution in [3.05, 3.63) is 36.0 Å². The van der Waals surface area contributed by atoms with Crippen molar-refractivity contribution in [1.82, 2.24) is 0 Å². The number of carbonyl (C=O) groups excluding carboxylic acids is 1. The lowest BCUT2D eigenvalue weighted by molar-refractivity contribution is -0.846. The summed E-state index contributed by atoms with van der Waals surface area (Å²) in [5, 5.41) is 2.19. The summed E-state index contributed by atoms with van der Waals surface area (Å²) in [5.41, 5.74) is 2.57. The van der Waals surface area contributed by atoms with E-state index in [9.17, 15) is 4.79 Å². The van der Waals surface area contributed by atoms with Gasteiger partial charge in [0.2, 0.25) is 6.20 Å². The quantitative estimate of drug-likeness (QED) is 0.457. The third-order valence-electron chi connectivity index (χ3n) is 2.85. The molecule has 1 aromatic carbocycles. The third-order valence-corrected chi connectivity index (χ3v) is 2.85. The van der Waals surface area contributed by atoms with Crippen molar-refractivity contribution in [1.29, 1.82) is 0 Å². The smallest absolute Gasteiger partial charge is 0.205 e. The molecule has 0 radical (unpaired) electrons. The number of hydrogen-bond acceptors (Lipinski definition) is 2. The second-order valence-corrected chi connectivity index (χ2v) is 4.23. The zero-order valence-electron chi connectivity index (χ0n) is 9.48. The first-order chi connectivity index (χ1) is 7.15. The molecule has 1 heterocycles. The first kappa shape index (κ1) is 12.8. The van der Waals surface area contributed by atoms with E-state index in [1.807, 2.05) is 26.1 Å². The molecule has 0 spiro atoms. The maximum Gasteiger partial charge on any atom is 0.205 e. The number of rotatable bonds is 2. The molecule has 0 fully saturated rings. The average molecular weight is 239 g/mol. The predicted octanol–water partition coefficient (Wildman–Crippen LogP) is -1.61. The second-order valence-electron chi connectivity index (χ2n) is 4.23. The molecule has 1 aromatic rings. The molecule has 2 rings (SSSR count). The molecule has 0 amide bonds. The van der Waals surface area contributed by atoms with Crippen LogP contribution in [0.15, 0.2) is 30.5 Å². The highest BCUT2D eigenvalue weighted by atomic mass is 35.5. The van der Waals surface area contributed by atoms with E-state index in [2.05, 4.69) is 23.2 Å². The van der Waals surface area contributed by atoms with Crippen LogP contribution in [-0.2, 0) is 11.2 Å². The SMILES string of the molecule is C[N+](C)(C=C=O)N1CCc2ccccc21.[Cl-]. The molecular formula is C12H15ClN2O. The van der Waals surface area contributed by atoms with E-state index >= 15 is 0 Å². The Morgan fingerprint density at radius 3 is 2.75 bits per heavy atom. The lowest BCUT2D eigenvalue weighted by Gasteiger charge is -2.34. The lowest BCUT2D eigenvalue weighted by Crippen LogP contribution is -3.00. The van der Waals surface area contributed by atoms with Gasteiger partial charge in [0, 0.05) is 0 Å². The summed E-state index contributed by atoms with van der Waals surface area (Å²) in [6.45, 7) is 0.949. The minimum atomic E-state index is 0. The van der Waals surface area contributed by atoms with Crippen LogP contribution in [0.3, 0.4) is 0 Å². The van der Waals surface area contributed by atoms with Crippen LogP contribution in [0.25, 0.3) is 0 Å². The molecule has 1 aliphatic rings. The van der Waals surface area contributed by atoms with Gasteiger partial charge >= 0.3 is 0 Å². The predicted molar refractivity (Wildman–Crippen MR) is 59.9 cm³/mol. The molecule has 0 saturated carbocycles. The number of nitrogens with zero attached hydrogens (tertiary/aromatic N) is 2. The Labute approximate surface area is 102 Å². The van der Waals surface area contributed by atoms with Crippen molar-refractivity contribution in [2.45, 2.75) is 6.42 Å². The summed E-state index contributed by atoms with van der Waals surface area (Å²) in [6.07, 6.45) is 2.58. The van der Waals surface area contributed by atoms with Crippen molar-refractivity contribution in [2.24, 2.45) is 0 Å². The summed E-state index contributed by atoms with van der Waals surface area (Å²) in [6, 6.07) is 8.32. The molecule has 86 valence electrons. The lowest BCUT2D eigenvalue weighted by atomic mass is 10.2. The Bertz CT molecular complexity index is 425. The zero-order chi connectivity index (χ0) is 10.9. The van der Waals surface area contributed by atoms with Gasteiger partial charge in [0.1, 0.15) is 0 Å². The molecule has 0 atom stereocenters. The second kappa shape index (κ2) is 4.71. The van der Waals surface area contributed by atoms with Crippen molar-refractivity contribution < 1.29 is 21.8 Å². The molecule has 16 heavy (non-hydrogen) atoms. The Morgan fingerprint density at radius 2 is 2.06 bits per heavy atom. The number of anilines is 1. The van der Waals surface area contributed by atoms with E-state index in [4.69, 9.17) is 0 Å². The summed E-state index contributed by atoms with van der Waals surface area (Å²) in [7, 11) is 3.96. The topological polar surface area (TPSA) is 20.3 Å². The number of halogens is 1. The summed E-state index contributed by atoms with van der Waals surface area (Å²) < 4.78 is 0.431. The standard InChI is InChI=1S/C12H15N2O.ClH/c1-14(2,9-10-15)13-8-7-11-5-3-4-6-12(11)13;/h3-6,9H,7-8H2,1-2H3;1H/q+1;/p-1. The highest BCUT2D eigenvalue weighted by molar-refractivity contribution is 5.56. The third kappa shape index (κ3) is 2.12. The molecule has 1 aliphatic heterocycles. The van der Waals surface area contributed by atoms with Crippen LogP contribution in [0.2, 0.25) is 0 Å². The first-order valence-electron chi connectivity index (χ1n) is 5.07. The van der Waals surface area contributed by atoms with Crippen LogP contribution < -0.4 is 17.4 Å². The molecular weight excluding hydrogens is 224 g/mol. The van der Waals surface area contributed by atoms with Crippen LogP contribution in [0.5, 0.6) is 0 Å². The van der Waals surface area contributed by atoms with Gasteiger partial charge in [0.05, 0.1) is 26.3 Å². The molecule has 0 aromatic heterocycles. The number of benzene rings is 1. The van der Waals surface area contributed by atoms with Gasteiger partial charge in [-0.05, 0) is 18.1 Å². The van der Waals surface area contributed by atoms with E-state index in [1.165, 1.54) is 17.5 Å². The van der Waals surface area contributed by atoms with Crippen LogP contribution in [0.4, 0.5) is 5.69 Å². The fourth-order valence-corrected chi connectivity index (χ4v) is 2.05. The van der Waals surface area contributed by atoms with Gasteiger partial charge < -0.3 is 12.4 Å². The number of quaternary nitrogens is 1. The molecule has 3 nitrogen and oxygen atoms in total. The number of hydrogen-bond donors (Lipinski definition) is 0. The van der Waals surface area contributed by atoms with Gasteiger partial charge in [0.15, 0.2) is 5.94 Å². The molecule has 0 unspecified atom stereocenters. The van der Waals surface area contributed by atoms with Crippen molar-refractivity contribution in [3.63, 3.8) is 0 Å². The van der Waals surface area contributed by atoms with Gasteiger partial charge in [-0.3, -0.25) is 0 Å². The number of para-hydroxylation sites is 1. The Balaban J connectivity index is 0.00000128. The number of fused-ring (bicyclic) bond motifs is 1. The highest BCUT2D eigenvalue weighted by Crippen LogP contribution is 2.30. The first-order valence-corrected chi connectivity index (χ1v) is 5.07. The van der Waals surface area contributed by atoms with Crippen LogP contribution in [0.1, 0.15) is 5.56 Å². The molecule has 0 N–H and O–H groups in total. The fourth-order valence-electron chi connectivity index (χ4n) is 2.05. The Kier molecular flexibility index (Phi) is 3.76. The monoisotopic (exact) mass is 238 g/mol. The van der Waals surface area contributed by atoms with E-state index in [1.54, 1.807) is 0 Å². The molecule has 0 bridgehead atoms. The summed E-state index contributed by atoms with van der Waals surface area (Å²) in [5.74, 6) is 1.87. The summed E-state index contributed by atoms with van der Waals surface area (Å²) >= 11 is 0. The minimum absolute atomic E-state index is 0. The van der Waals surface area contributed by atoms with Gasteiger partial charge in [0.25, 0.3) is 0 Å². The van der Waals surface area contributed by atoms with Gasteiger partial charge in [-0.1, -0.05) is 18.2 Å².